The fourth-order valence-corrected chi connectivity index (χ4v) is 3.14. The molecule has 1 fully saturated rings. The van der Waals surface area contributed by atoms with Gasteiger partial charge in [-0.05, 0) is 29.8 Å². The summed E-state index contributed by atoms with van der Waals surface area (Å²) in [7, 11) is 0. The van der Waals surface area contributed by atoms with Crippen LogP contribution in [-0.2, 0) is 6.54 Å². The molecule has 3 heterocycles. The quantitative estimate of drug-likeness (QED) is 0.605. The van der Waals surface area contributed by atoms with Crippen molar-refractivity contribution in [2.24, 2.45) is 0 Å². The van der Waals surface area contributed by atoms with Crippen molar-refractivity contribution in [3.8, 4) is 11.5 Å². The van der Waals surface area contributed by atoms with Gasteiger partial charge in [0.05, 0.1) is 6.20 Å². The summed E-state index contributed by atoms with van der Waals surface area (Å²) in [4.78, 5) is 20.7. The number of nitrogens with one attached hydrogen (secondary N) is 1. The maximum absolute atomic E-state index is 12.5. The van der Waals surface area contributed by atoms with Crippen LogP contribution in [-0.4, -0.2) is 66.8 Å². The van der Waals surface area contributed by atoms with Crippen LogP contribution in [0.5, 0.6) is 11.5 Å². The molecular weight excluding hydrogens is 348 g/mol. The molecule has 0 unspecified atom stereocenters. The first kappa shape index (κ1) is 17.1. The molecule has 1 aromatic carbocycles. The molecule has 0 spiro atoms. The van der Waals surface area contributed by atoms with Crippen molar-refractivity contribution >= 4 is 17.5 Å². The predicted molar refractivity (Wildman–Crippen MR) is 98.6 cm³/mol. The van der Waals surface area contributed by atoms with Crippen molar-refractivity contribution in [1.82, 2.24) is 24.4 Å². The first-order valence-electron chi connectivity index (χ1n) is 8.68. The molecule has 1 saturated heterocycles. The molecule has 1 aliphatic heterocycles. The van der Waals surface area contributed by atoms with Crippen LogP contribution in [0.3, 0.4) is 0 Å². The Labute approximate surface area is 155 Å². The van der Waals surface area contributed by atoms with Crippen LogP contribution in [0.15, 0.2) is 42.7 Å². The van der Waals surface area contributed by atoms with Gasteiger partial charge in [-0.15, -0.1) is 0 Å². The predicted octanol–water partition coefficient (Wildman–Crippen LogP) is 1.49. The Morgan fingerprint density at radius 1 is 1.11 bits per heavy atom. The second-order valence-corrected chi connectivity index (χ2v) is 6.45. The number of fused-ring (bicyclic) bond motifs is 1. The van der Waals surface area contributed by atoms with Crippen LogP contribution < -0.4 is 5.32 Å². The highest BCUT2D eigenvalue weighted by Crippen LogP contribution is 2.25. The van der Waals surface area contributed by atoms with Crippen molar-refractivity contribution in [1.29, 1.82) is 0 Å². The van der Waals surface area contributed by atoms with Gasteiger partial charge in [0.25, 0.3) is 0 Å². The van der Waals surface area contributed by atoms with Crippen molar-refractivity contribution in [3.63, 3.8) is 0 Å². The lowest BCUT2D eigenvalue weighted by molar-refractivity contribution is 0.143. The van der Waals surface area contributed by atoms with E-state index in [1.165, 1.54) is 6.07 Å². The summed E-state index contributed by atoms with van der Waals surface area (Å²) in [5, 5.41) is 26.0. The fraction of sp³-hybridized carbons (Fsp3) is 0.278. The SMILES string of the molecule is O=C(Nc1cnc2cccnn12)N1CCN(Cc2ccc(O)c(O)c2)CC1. The van der Waals surface area contributed by atoms with Crippen molar-refractivity contribution in [3.05, 3.63) is 48.3 Å². The van der Waals surface area contributed by atoms with Crippen LogP contribution in [0.1, 0.15) is 5.56 Å². The number of phenolic OH excluding ortho intramolecular Hbond substituents is 2. The van der Waals surface area contributed by atoms with Gasteiger partial charge < -0.3 is 15.1 Å². The van der Waals surface area contributed by atoms with Crippen LogP contribution >= 0.6 is 0 Å². The zero-order chi connectivity index (χ0) is 18.8. The largest absolute Gasteiger partial charge is 0.504 e. The Morgan fingerprint density at radius 2 is 1.93 bits per heavy atom. The summed E-state index contributed by atoms with van der Waals surface area (Å²) >= 11 is 0. The number of piperazine rings is 1. The number of urea groups is 1. The zero-order valence-corrected chi connectivity index (χ0v) is 14.6. The molecule has 2 aromatic heterocycles. The average Bonchev–Trinajstić information content (AvgIpc) is 3.08. The number of anilines is 1. The van der Waals surface area contributed by atoms with Gasteiger partial charge in [0.1, 0.15) is 0 Å². The van der Waals surface area contributed by atoms with Gasteiger partial charge in [0, 0.05) is 38.9 Å². The van der Waals surface area contributed by atoms with Gasteiger partial charge in [0.15, 0.2) is 23.0 Å². The molecule has 3 aromatic rings. The summed E-state index contributed by atoms with van der Waals surface area (Å²) < 4.78 is 1.59. The lowest BCUT2D eigenvalue weighted by atomic mass is 10.1. The first-order chi connectivity index (χ1) is 13.1. The molecular formula is C18H20N6O3. The third-order valence-corrected chi connectivity index (χ3v) is 4.62. The van der Waals surface area contributed by atoms with E-state index in [0.29, 0.717) is 31.1 Å². The number of aromatic nitrogens is 3. The molecule has 9 nitrogen and oxygen atoms in total. The highest BCUT2D eigenvalue weighted by molar-refractivity contribution is 5.88. The molecule has 9 heteroatoms. The third-order valence-electron chi connectivity index (χ3n) is 4.62. The van der Waals surface area contributed by atoms with Gasteiger partial charge >= 0.3 is 6.03 Å². The Morgan fingerprint density at radius 3 is 2.70 bits per heavy atom. The third kappa shape index (κ3) is 3.63. The maximum atomic E-state index is 12.5. The normalized spacial score (nSPS) is 15.2. The van der Waals surface area contributed by atoms with Crippen molar-refractivity contribution in [2.45, 2.75) is 6.54 Å². The number of rotatable bonds is 3. The number of hydrogen-bond acceptors (Lipinski definition) is 6. The second kappa shape index (κ2) is 7.12. The molecule has 140 valence electrons. The first-order valence-corrected chi connectivity index (χ1v) is 8.68. The van der Waals surface area contributed by atoms with Gasteiger partial charge in [-0.25, -0.2) is 9.78 Å². The van der Waals surface area contributed by atoms with Crippen LogP contribution in [0.4, 0.5) is 10.6 Å². The summed E-state index contributed by atoms with van der Waals surface area (Å²) in [5.74, 6) is 0.298. The fourth-order valence-electron chi connectivity index (χ4n) is 3.14. The van der Waals surface area contributed by atoms with Gasteiger partial charge in [0.2, 0.25) is 0 Å². The van der Waals surface area contributed by atoms with Gasteiger partial charge in [-0.3, -0.25) is 10.2 Å². The molecule has 2 amide bonds. The molecule has 0 bridgehead atoms. The number of hydrogen-bond donors (Lipinski definition) is 3. The molecule has 1 aliphatic rings. The van der Waals surface area contributed by atoms with Crippen molar-refractivity contribution in [2.75, 3.05) is 31.5 Å². The summed E-state index contributed by atoms with van der Waals surface area (Å²) in [5.41, 5.74) is 1.59. The van der Waals surface area contributed by atoms with E-state index in [2.05, 4.69) is 20.3 Å². The molecule has 0 aliphatic carbocycles. The second-order valence-electron chi connectivity index (χ2n) is 6.45. The van der Waals surface area contributed by atoms with E-state index in [9.17, 15) is 15.0 Å². The molecule has 3 N–H and O–H groups in total. The molecule has 4 rings (SSSR count). The van der Waals surface area contributed by atoms with E-state index in [1.807, 2.05) is 6.07 Å². The number of nitrogens with zero attached hydrogens (tertiary/aromatic N) is 5. The Balaban J connectivity index is 1.33. The maximum Gasteiger partial charge on any atom is 0.323 e. The monoisotopic (exact) mass is 368 g/mol. The van der Waals surface area contributed by atoms with Gasteiger partial charge in [-0.1, -0.05) is 6.07 Å². The van der Waals surface area contributed by atoms with E-state index < -0.39 is 0 Å². The molecule has 0 saturated carbocycles. The minimum atomic E-state index is -0.176. The molecule has 0 radical (unpaired) electrons. The standard InChI is InChI=1S/C18H20N6O3/c25-14-4-3-13(10-15(14)26)12-22-6-8-23(9-7-22)18(27)21-17-11-19-16-2-1-5-20-24(16)17/h1-5,10-11,25-26H,6-9,12H2,(H,21,27). The van der Waals surface area contributed by atoms with E-state index in [4.69, 9.17) is 0 Å². The minimum absolute atomic E-state index is 0.118. The van der Waals surface area contributed by atoms with E-state index >= 15 is 0 Å². The van der Waals surface area contributed by atoms with Crippen LogP contribution in [0, 0.1) is 0 Å². The summed E-state index contributed by atoms with van der Waals surface area (Å²) in [6, 6.07) is 8.27. The smallest absolute Gasteiger partial charge is 0.323 e. The molecule has 27 heavy (non-hydrogen) atoms. The Hall–Kier alpha value is -3.33. The van der Waals surface area contributed by atoms with Crippen LogP contribution in [0.25, 0.3) is 5.65 Å². The number of phenols is 2. The average molecular weight is 368 g/mol. The number of carbonyl (C=O) groups is 1. The Bertz CT molecular complexity index is 965. The summed E-state index contributed by atoms with van der Waals surface area (Å²) in [6.45, 7) is 3.29. The Kier molecular flexibility index (Phi) is 4.51. The number of aromatic hydroxyl groups is 2. The highest BCUT2D eigenvalue weighted by atomic mass is 16.3. The van der Waals surface area contributed by atoms with E-state index in [1.54, 1.807) is 40.0 Å². The number of amides is 2. The zero-order valence-electron chi connectivity index (χ0n) is 14.6. The van der Waals surface area contributed by atoms with Gasteiger partial charge in [-0.2, -0.15) is 9.61 Å². The summed E-state index contributed by atoms with van der Waals surface area (Å²) in [6.07, 6.45) is 3.23. The van der Waals surface area contributed by atoms with Crippen molar-refractivity contribution < 1.29 is 15.0 Å². The number of carbonyl (C=O) groups excluding carboxylic acids is 1. The van der Waals surface area contributed by atoms with Crippen LogP contribution in [0.2, 0.25) is 0 Å². The van der Waals surface area contributed by atoms with E-state index in [-0.39, 0.29) is 17.5 Å². The molecule has 0 atom stereocenters. The lowest BCUT2D eigenvalue weighted by Gasteiger charge is -2.34. The highest BCUT2D eigenvalue weighted by Gasteiger charge is 2.22. The van der Waals surface area contributed by atoms with E-state index in [0.717, 1.165) is 18.7 Å². The lowest BCUT2D eigenvalue weighted by Crippen LogP contribution is -2.49. The minimum Gasteiger partial charge on any atom is -0.504 e. The number of imidazole rings is 1. The topological polar surface area (TPSA) is 106 Å². The number of benzene rings is 1.